The zero-order valence-corrected chi connectivity index (χ0v) is 10.1. The lowest BCUT2D eigenvalue weighted by atomic mass is 10.1. The molecule has 5 nitrogen and oxygen atoms in total. The van der Waals surface area contributed by atoms with Gasteiger partial charge < -0.3 is 14.7 Å². The van der Waals surface area contributed by atoms with Crippen LogP contribution in [0, 0.1) is 0 Å². The van der Waals surface area contributed by atoms with Crippen LogP contribution in [0.2, 0.25) is 0 Å². The first-order valence-electron chi connectivity index (χ1n) is 5.82. The lowest BCUT2D eigenvalue weighted by Gasteiger charge is -2.20. The van der Waals surface area contributed by atoms with Gasteiger partial charge in [-0.15, -0.1) is 0 Å². The third kappa shape index (κ3) is 2.51. The maximum absolute atomic E-state index is 12.0. The molecule has 1 atom stereocenters. The minimum absolute atomic E-state index is 0.0874. The molecule has 1 heterocycles. The van der Waals surface area contributed by atoms with Crippen LogP contribution in [-0.2, 0) is 9.53 Å². The Hall–Kier alpha value is -1.88. The second kappa shape index (κ2) is 5.18. The quantitative estimate of drug-likeness (QED) is 0.882. The van der Waals surface area contributed by atoms with Gasteiger partial charge in [-0.2, -0.15) is 0 Å². The fraction of sp³-hybridized carbons (Fsp3) is 0.385. The Morgan fingerprint density at radius 1 is 1.33 bits per heavy atom. The highest BCUT2D eigenvalue weighted by molar-refractivity contribution is 5.96. The average Bonchev–Trinajstić information content (AvgIpc) is 2.91. The fourth-order valence-corrected chi connectivity index (χ4v) is 1.94. The molecule has 0 saturated carbocycles. The molecule has 0 unspecified atom stereocenters. The number of hydrogen-bond donors (Lipinski definition) is 1. The number of anilines is 1. The van der Waals surface area contributed by atoms with E-state index in [4.69, 9.17) is 9.84 Å². The summed E-state index contributed by atoms with van der Waals surface area (Å²) in [4.78, 5) is 24.3. The number of ether oxygens (including phenoxy) is 1. The van der Waals surface area contributed by atoms with Crippen LogP contribution in [0.3, 0.4) is 0 Å². The van der Waals surface area contributed by atoms with Gasteiger partial charge >= 0.3 is 5.97 Å². The summed E-state index contributed by atoms with van der Waals surface area (Å²) in [6, 6.07) is 6.21. The van der Waals surface area contributed by atoms with Crippen LogP contribution in [0.15, 0.2) is 24.3 Å². The highest BCUT2D eigenvalue weighted by atomic mass is 16.5. The highest BCUT2D eigenvalue weighted by Gasteiger charge is 2.27. The molecule has 1 N–H and O–H groups in total. The smallest absolute Gasteiger partial charge is 0.335 e. The van der Waals surface area contributed by atoms with E-state index in [0.29, 0.717) is 12.3 Å². The molecular weight excluding hydrogens is 234 g/mol. The van der Waals surface area contributed by atoms with E-state index < -0.39 is 5.97 Å². The summed E-state index contributed by atoms with van der Waals surface area (Å²) in [6.07, 6.45) is 1.28. The van der Waals surface area contributed by atoms with Crippen molar-refractivity contribution in [2.24, 2.45) is 0 Å². The van der Waals surface area contributed by atoms with E-state index in [2.05, 4.69) is 0 Å². The summed E-state index contributed by atoms with van der Waals surface area (Å²) in [5.74, 6) is -1.06. The molecule has 0 spiro atoms. The summed E-state index contributed by atoms with van der Waals surface area (Å²) in [5.41, 5.74) is 0.872. The van der Waals surface area contributed by atoms with Gasteiger partial charge in [-0.3, -0.25) is 4.79 Å². The summed E-state index contributed by atoms with van der Waals surface area (Å²) in [6.45, 7) is 0.627. The Labute approximate surface area is 105 Å². The van der Waals surface area contributed by atoms with Crippen molar-refractivity contribution >= 4 is 17.6 Å². The minimum Gasteiger partial charge on any atom is -0.478 e. The summed E-state index contributed by atoms with van der Waals surface area (Å²) in [5, 5.41) is 8.80. The first-order chi connectivity index (χ1) is 8.59. The number of rotatable bonds is 3. The van der Waals surface area contributed by atoms with Gasteiger partial charge in [-0.05, 0) is 37.1 Å². The van der Waals surface area contributed by atoms with Crippen LogP contribution >= 0.6 is 0 Å². The number of nitrogens with zero attached hydrogens (tertiary/aromatic N) is 1. The number of hydrogen-bond acceptors (Lipinski definition) is 3. The third-order valence-electron chi connectivity index (χ3n) is 3.04. The van der Waals surface area contributed by atoms with E-state index in [9.17, 15) is 9.59 Å². The van der Waals surface area contributed by atoms with E-state index in [0.717, 1.165) is 12.8 Å². The molecule has 0 radical (unpaired) electrons. The minimum atomic E-state index is -0.977. The molecule has 0 aromatic heterocycles. The lowest BCUT2D eigenvalue weighted by Crippen LogP contribution is -2.36. The topological polar surface area (TPSA) is 66.8 Å². The van der Waals surface area contributed by atoms with E-state index in [1.165, 1.54) is 17.0 Å². The van der Waals surface area contributed by atoms with Gasteiger partial charge in [-0.1, -0.05) is 0 Å². The summed E-state index contributed by atoms with van der Waals surface area (Å²) < 4.78 is 5.33. The predicted molar refractivity (Wildman–Crippen MR) is 65.8 cm³/mol. The van der Waals surface area contributed by atoms with Crippen LogP contribution in [0.1, 0.15) is 23.2 Å². The zero-order valence-electron chi connectivity index (χ0n) is 10.1. The van der Waals surface area contributed by atoms with Gasteiger partial charge in [0.2, 0.25) is 0 Å². The van der Waals surface area contributed by atoms with Crippen LogP contribution in [-0.4, -0.2) is 36.7 Å². The molecule has 2 rings (SSSR count). The van der Waals surface area contributed by atoms with Crippen molar-refractivity contribution in [3.8, 4) is 0 Å². The van der Waals surface area contributed by atoms with Crippen molar-refractivity contribution in [2.45, 2.75) is 18.9 Å². The van der Waals surface area contributed by atoms with Crippen molar-refractivity contribution in [1.82, 2.24) is 0 Å². The molecule has 1 fully saturated rings. The molecule has 18 heavy (non-hydrogen) atoms. The van der Waals surface area contributed by atoms with Crippen molar-refractivity contribution in [3.63, 3.8) is 0 Å². The van der Waals surface area contributed by atoms with Gasteiger partial charge in [-0.25, -0.2) is 4.79 Å². The Morgan fingerprint density at radius 2 is 2.00 bits per heavy atom. The molecule has 1 aliphatic rings. The van der Waals surface area contributed by atoms with Crippen LogP contribution in [0.5, 0.6) is 0 Å². The van der Waals surface area contributed by atoms with Gasteiger partial charge in [0.1, 0.15) is 6.10 Å². The van der Waals surface area contributed by atoms with Gasteiger partial charge in [0.05, 0.1) is 5.56 Å². The van der Waals surface area contributed by atoms with E-state index >= 15 is 0 Å². The molecule has 96 valence electrons. The average molecular weight is 249 g/mol. The number of aromatic carboxylic acids is 1. The highest BCUT2D eigenvalue weighted by Crippen LogP contribution is 2.19. The van der Waals surface area contributed by atoms with Gasteiger partial charge in [0.25, 0.3) is 5.91 Å². The molecule has 5 heteroatoms. The van der Waals surface area contributed by atoms with E-state index in [1.807, 2.05) is 0 Å². The summed E-state index contributed by atoms with van der Waals surface area (Å²) in [7, 11) is 1.67. The second-order valence-electron chi connectivity index (χ2n) is 4.25. The monoisotopic (exact) mass is 249 g/mol. The molecule has 0 bridgehead atoms. The molecular formula is C13H15NO4. The van der Waals surface area contributed by atoms with Crippen LogP contribution in [0.4, 0.5) is 5.69 Å². The predicted octanol–water partition coefficient (Wildman–Crippen LogP) is 1.53. The zero-order chi connectivity index (χ0) is 13.1. The summed E-state index contributed by atoms with van der Waals surface area (Å²) >= 11 is 0. The Bertz CT molecular complexity index is 449. The number of amides is 1. The van der Waals surface area contributed by atoms with Crippen molar-refractivity contribution in [2.75, 3.05) is 18.6 Å². The lowest BCUT2D eigenvalue weighted by molar-refractivity contribution is -0.127. The maximum atomic E-state index is 12.0. The standard InChI is InChI=1S/C13H15NO4/c1-14(12(15)11-3-2-8-18-11)10-6-4-9(5-7-10)13(16)17/h4-7,11H,2-3,8H2,1H3,(H,16,17)/t11-/m1/s1. The van der Waals surface area contributed by atoms with E-state index in [-0.39, 0.29) is 17.6 Å². The van der Waals surface area contributed by atoms with Gasteiger partial charge in [0.15, 0.2) is 0 Å². The normalized spacial score (nSPS) is 18.6. The fourth-order valence-electron chi connectivity index (χ4n) is 1.94. The van der Waals surface area contributed by atoms with Crippen molar-refractivity contribution < 1.29 is 19.4 Å². The van der Waals surface area contributed by atoms with Gasteiger partial charge in [0, 0.05) is 19.3 Å². The first kappa shape index (κ1) is 12.6. The Kier molecular flexibility index (Phi) is 3.62. The first-order valence-corrected chi connectivity index (χ1v) is 5.82. The number of likely N-dealkylation sites (N-methyl/N-ethyl adjacent to an activating group) is 1. The third-order valence-corrected chi connectivity index (χ3v) is 3.04. The number of carboxylic acid groups (broad SMARTS) is 1. The molecule has 1 aromatic rings. The second-order valence-corrected chi connectivity index (χ2v) is 4.25. The van der Waals surface area contributed by atoms with E-state index in [1.54, 1.807) is 19.2 Å². The molecule has 1 aromatic carbocycles. The SMILES string of the molecule is CN(C(=O)[C@H]1CCCO1)c1ccc(C(=O)O)cc1. The van der Waals surface area contributed by atoms with Crippen molar-refractivity contribution in [3.05, 3.63) is 29.8 Å². The van der Waals surface area contributed by atoms with Crippen molar-refractivity contribution in [1.29, 1.82) is 0 Å². The number of carbonyl (C=O) groups is 2. The number of benzene rings is 1. The molecule has 1 aliphatic heterocycles. The number of carbonyl (C=O) groups excluding carboxylic acids is 1. The largest absolute Gasteiger partial charge is 0.478 e. The number of carboxylic acids is 1. The van der Waals surface area contributed by atoms with Crippen LogP contribution < -0.4 is 4.90 Å². The maximum Gasteiger partial charge on any atom is 0.335 e. The molecule has 1 amide bonds. The Balaban J connectivity index is 2.10. The molecule has 0 aliphatic carbocycles. The van der Waals surface area contributed by atoms with Crippen LogP contribution in [0.25, 0.3) is 0 Å². The Morgan fingerprint density at radius 3 is 2.50 bits per heavy atom. The molecule has 1 saturated heterocycles.